The molecular formula is C25H25N3O2. The van der Waals surface area contributed by atoms with Crippen molar-refractivity contribution in [2.24, 2.45) is 0 Å². The van der Waals surface area contributed by atoms with Crippen LogP contribution in [0.15, 0.2) is 72.9 Å². The van der Waals surface area contributed by atoms with Crippen molar-refractivity contribution in [3.8, 4) is 11.1 Å². The molecule has 1 aliphatic heterocycles. The highest BCUT2D eigenvalue weighted by atomic mass is 16.2. The van der Waals surface area contributed by atoms with E-state index in [9.17, 15) is 9.59 Å². The lowest BCUT2D eigenvalue weighted by atomic mass is 9.98. The Bertz CT molecular complexity index is 1030. The number of hydrogen-bond donors (Lipinski definition) is 1. The molecule has 4 rings (SSSR count). The predicted molar refractivity (Wildman–Crippen MR) is 117 cm³/mol. The molecule has 1 atom stereocenters. The summed E-state index contributed by atoms with van der Waals surface area (Å²) in [6.07, 6.45) is 3.64. The summed E-state index contributed by atoms with van der Waals surface area (Å²) in [5, 5.41) is 2.78. The summed E-state index contributed by atoms with van der Waals surface area (Å²) >= 11 is 0. The predicted octanol–water partition coefficient (Wildman–Crippen LogP) is 4.36. The lowest BCUT2D eigenvalue weighted by Gasteiger charge is -2.25. The number of likely N-dealkylation sites (tertiary alicyclic amines) is 1. The van der Waals surface area contributed by atoms with Gasteiger partial charge < -0.3 is 10.2 Å². The van der Waals surface area contributed by atoms with Gasteiger partial charge >= 0.3 is 0 Å². The molecule has 0 radical (unpaired) electrons. The van der Waals surface area contributed by atoms with Gasteiger partial charge in [-0.3, -0.25) is 14.6 Å². The molecule has 0 bridgehead atoms. The summed E-state index contributed by atoms with van der Waals surface area (Å²) < 4.78 is 0. The van der Waals surface area contributed by atoms with Crippen molar-refractivity contribution < 1.29 is 9.59 Å². The van der Waals surface area contributed by atoms with Gasteiger partial charge in [-0.05, 0) is 41.7 Å². The Kier molecular flexibility index (Phi) is 5.89. The summed E-state index contributed by atoms with van der Waals surface area (Å²) in [6.45, 7) is 2.68. The smallest absolute Gasteiger partial charge is 0.255 e. The van der Waals surface area contributed by atoms with Crippen LogP contribution in [0.5, 0.6) is 0 Å². The van der Waals surface area contributed by atoms with Crippen LogP contribution < -0.4 is 5.32 Å². The lowest BCUT2D eigenvalue weighted by molar-refractivity contribution is -0.119. The van der Waals surface area contributed by atoms with E-state index in [1.807, 2.05) is 71.6 Å². The molecule has 5 heteroatoms. The number of aromatic nitrogens is 1. The molecular weight excluding hydrogens is 374 g/mol. The van der Waals surface area contributed by atoms with Crippen molar-refractivity contribution in [2.75, 3.05) is 6.54 Å². The summed E-state index contributed by atoms with van der Waals surface area (Å²) in [6, 6.07) is 21.7. The van der Waals surface area contributed by atoms with E-state index < -0.39 is 0 Å². The van der Waals surface area contributed by atoms with Gasteiger partial charge in [-0.15, -0.1) is 0 Å². The maximum atomic E-state index is 13.5. The number of nitrogens with zero attached hydrogens (tertiary/aromatic N) is 2. The quantitative estimate of drug-likeness (QED) is 0.693. The van der Waals surface area contributed by atoms with Gasteiger partial charge in [-0.25, -0.2) is 0 Å². The first kappa shape index (κ1) is 19.8. The molecule has 1 N–H and O–H groups in total. The average molecular weight is 399 g/mol. The first-order chi connectivity index (χ1) is 14.6. The van der Waals surface area contributed by atoms with Crippen molar-refractivity contribution in [1.29, 1.82) is 0 Å². The fraction of sp³-hybridized carbons (Fsp3) is 0.240. The van der Waals surface area contributed by atoms with Crippen molar-refractivity contribution in [3.63, 3.8) is 0 Å². The second-order valence-electron chi connectivity index (χ2n) is 7.57. The van der Waals surface area contributed by atoms with E-state index in [1.54, 1.807) is 6.20 Å². The number of nitrogens with one attached hydrogen (secondary N) is 1. The third-order valence-electron chi connectivity index (χ3n) is 5.49. The molecule has 1 saturated heterocycles. The highest BCUT2D eigenvalue weighted by Crippen LogP contribution is 2.34. The molecule has 2 amide bonds. The molecule has 2 heterocycles. The summed E-state index contributed by atoms with van der Waals surface area (Å²) in [7, 11) is 0. The summed E-state index contributed by atoms with van der Waals surface area (Å²) in [5.41, 5.74) is 4.55. The molecule has 1 aromatic heterocycles. The van der Waals surface area contributed by atoms with Crippen molar-refractivity contribution in [2.45, 2.75) is 32.4 Å². The molecule has 0 unspecified atom stereocenters. The van der Waals surface area contributed by atoms with Crippen LogP contribution in [-0.2, 0) is 11.3 Å². The minimum atomic E-state index is -0.0660. The molecule has 1 fully saturated rings. The van der Waals surface area contributed by atoms with Crippen molar-refractivity contribution in [1.82, 2.24) is 15.2 Å². The van der Waals surface area contributed by atoms with Crippen LogP contribution in [0.1, 0.15) is 47.4 Å². The van der Waals surface area contributed by atoms with Crippen LogP contribution in [0.4, 0.5) is 0 Å². The zero-order chi connectivity index (χ0) is 20.9. The number of rotatable bonds is 5. The van der Waals surface area contributed by atoms with Crippen LogP contribution >= 0.6 is 0 Å². The number of pyridine rings is 1. The van der Waals surface area contributed by atoms with E-state index in [1.165, 1.54) is 6.92 Å². The van der Waals surface area contributed by atoms with Crippen LogP contribution in [0, 0.1) is 0 Å². The highest BCUT2D eigenvalue weighted by molar-refractivity contribution is 6.01. The van der Waals surface area contributed by atoms with Crippen LogP contribution in [-0.4, -0.2) is 28.2 Å². The van der Waals surface area contributed by atoms with Gasteiger partial charge in [0.25, 0.3) is 5.91 Å². The Labute approximate surface area is 176 Å². The molecule has 1 aliphatic rings. The van der Waals surface area contributed by atoms with E-state index >= 15 is 0 Å². The van der Waals surface area contributed by atoms with Crippen LogP contribution in [0.25, 0.3) is 11.1 Å². The van der Waals surface area contributed by atoms with E-state index in [0.29, 0.717) is 6.54 Å². The lowest BCUT2D eigenvalue weighted by Crippen LogP contribution is -2.31. The van der Waals surface area contributed by atoms with Gasteiger partial charge in [0.1, 0.15) is 0 Å². The molecule has 2 aromatic carbocycles. The zero-order valence-corrected chi connectivity index (χ0v) is 17.0. The van der Waals surface area contributed by atoms with Gasteiger partial charge in [0.15, 0.2) is 0 Å². The minimum Gasteiger partial charge on any atom is -0.352 e. The number of benzene rings is 2. The Morgan fingerprint density at radius 1 is 1.03 bits per heavy atom. The molecule has 0 aliphatic carbocycles. The largest absolute Gasteiger partial charge is 0.352 e. The van der Waals surface area contributed by atoms with E-state index in [4.69, 9.17) is 0 Å². The number of amides is 2. The SMILES string of the molecule is CC(=O)NCc1ccc([C@H]2CCCN2C(=O)c2ccccc2-c2ccccc2)nc1. The first-order valence-corrected chi connectivity index (χ1v) is 10.3. The monoisotopic (exact) mass is 399 g/mol. The Hall–Kier alpha value is -3.47. The fourth-order valence-electron chi connectivity index (χ4n) is 3.98. The molecule has 3 aromatic rings. The molecule has 0 saturated carbocycles. The minimum absolute atomic E-state index is 0.0313. The maximum Gasteiger partial charge on any atom is 0.255 e. The first-order valence-electron chi connectivity index (χ1n) is 10.3. The van der Waals surface area contributed by atoms with Gasteiger partial charge in [-0.1, -0.05) is 54.6 Å². The second-order valence-corrected chi connectivity index (χ2v) is 7.57. The fourth-order valence-corrected chi connectivity index (χ4v) is 3.98. The van der Waals surface area contributed by atoms with Gasteiger partial charge in [-0.2, -0.15) is 0 Å². The Morgan fingerprint density at radius 2 is 1.80 bits per heavy atom. The Balaban J connectivity index is 1.57. The van der Waals surface area contributed by atoms with Gasteiger partial charge in [0.2, 0.25) is 5.91 Å². The van der Waals surface area contributed by atoms with Crippen LogP contribution in [0.2, 0.25) is 0 Å². The number of carbonyl (C=O) groups is 2. The van der Waals surface area contributed by atoms with Crippen molar-refractivity contribution in [3.05, 3.63) is 89.7 Å². The Morgan fingerprint density at radius 3 is 2.53 bits per heavy atom. The standard InChI is InChI=1S/C25H25N3O2/c1-18(29)26-16-19-13-14-23(27-17-19)24-12-7-15-28(24)25(30)22-11-6-5-10-21(22)20-8-3-2-4-9-20/h2-6,8-11,13-14,17,24H,7,12,15-16H2,1H3,(H,26,29)/t24-/m1/s1. The third-order valence-corrected chi connectivity index (χ3v) is 5.49. The molecule has 30 heavy (non-hydrogen) atoms. The van der Waals surface area contributed by atoms with Crippen LogP contribution in [0.3, 0.4) is 0 Å². The number of hydrogen-bond acceptors (Lipinski definition) is 3. The summed E-state index contributed by atoms with van der Waals surface area (Å²) in [5.74, 6) is -0.0233. The van der Waals surface area contributed by atoms with Crippen molar-refractivity contribution >= 4 is 11.8 Å². The van der Waals surface area contributed by atoms with E-state index in [2.05, 4.69) is 10.3 Å². The number of carbonyl (C=O) groups excluding carboxylic acids is 2. The molecule has 0 spiro atoms. The zero-order valence-electron chi connectivity index (χ0n) is 17.0. The topological polar surface area (TPSA) is 62.3 Å². The highest BCUT2D eigenvalue weighted by Gasteiger charge is 2.32. The maximum absolute atomic E-state index is 13.5. The normalized spacial score (nSPS) is 15.8. The molecule has 5 nitrogen and oxygen atoms in total. The van der Waals surface area contributed by atoms with Gasteiger partial charge in [0.05, 0.1) is 11.7 Å². The van der Waals surface area contributed by atoms with E-state index in [-0.39, 0.29) is 17.9 Å². The van der Waals surface area contributed by atoms with Gasteiger partial charge in [0, 0.05) is 31.8 Å². The third kappa shape index (κ3) is 4.25. The van der Waals surface area contributed by atoms with E-state index in [0.717, 1.165) is 47.3 Å². The summed E-state index contributed by atoms with van der Waals surface area (Å²) in [4.78, 5) is 31.2. The average Bonchev–Trinajstić information content (AvgIpc) is 3.28. The second kappa shape index (κ2) is 8.91. The molecule has 152 valence electrons.